The third kappa shape index (κ3) is 2.72. The Balaban J connectivity index is 1.24. The van der Waals surface area contributed by atoms with Crippen molar-refractivity contribution in [1.29, 1.82) is 0 Å². The third-order valence-electron chi connectivity index (χ3n) is 5.58. The van der Waals surface area contributed by atoms with E-state index in [0.29, 0.717) is 11.8 Å². The Kier molecular flexibility index (Phi) is 3.57. The average Bonchev–Trinajstić information content (AvgIpc) is 2.99. The molecule has 4 nitrogen and oxygen atoms in total. The largest absolute Gasteiger partial charge is 0.381 e. The number of rotatable bonds is 3. The van der Waals surface area contributed by atoms with Crippen LogP contribution in [0.5, 0.6) is 0 Å². The van der Waals surface area contributed by atoms with E-state index in [1.54, 1.807) is 0 Å². The van der Waals surface area contributed by atoms with Crippen LogP contribution in [0.15, 0.2) is 30.3 Å². The average molecular weight is 300 g/mol. The molecular formula is C18H24N2O2. The van der Waals surface area contributed by atoms with Crippen LogP contribution in [0.3, 0.4) is 0 Å². The van der Waals surface area contributed by atoms with Gasteiger partial charge in [-0.1, -0.05) is 30.3 Å². The van der Waals surface area contributed by atoms with Gasteiger partial charge in [-0.2, -0.15) is 0 Å². The van der Waals surface area contributed by atoms with Crippen molar-refractivity contribution in [2.45, 2.75) is 25.2 Å². The van der Waals surface area contributed by atoms with Crippen molar-refractivity contribution in [3.05, 3.63) is 35.9 Å². The van der Waals surface area contributed by atoms with E-state index >= 15 is 0 Å². The van der Waals surface area contributed by atoms with Crippen molar-refractivity contribution < 1.29 is 9.53 Å². The van der Waals surface area contributed by atoms with E-state index in [9.17, 15) is 4.79 Å². The van der Waals surface area contributed by atoms with Gasteiger partial charge in [-0.05, 0) is 36.7 Å². The van der Waals surface area contributed by atoms with E-state index in [-0.39, 0.29) is 11.4 Å². The lowest BCUT2D eigenvalue weighted by molar-refractivity contribution is 0.152. The van der Waals surface area contributed by atoms with E-state index in [4.69, 9.17) is 4.74 Å². The Labute approximate surface area is 131 Å². The molecule has 3 fully saturated rings. The molecule has 118 valence electrons. The zero-order valence-corrected chi connectivity index (χ0v) is 13.0. The van der Waals surface area contributed by atoms with E-state index in [1.165, 1.54) is 12.0 Å². The SMILES string of the molecule is O=C(NC[C@@H]1C[C@@H]1c1ccccc1)N1CC[C@]2(CCOC2)C1. The fourth-order valence-corrected chi connectivity index (χ4v) is 3.99. The predicted octanol–water partition coefficient (Wildman–Crippen LogP) is 2.61. The number of ether oxygens (including phenoxy) is 1. The number of carbonyl (C=O) groups is 1. The minimum atomic E-state index is 0.113. The van der Waals surface area contributed by atoms with Crippen LogP contribution in [0.2, 0.25) is 0 Å². The van der Waals surface area contributed by atoms with E-state index < -0.39 is 0 Å². The summed E-state index contributed by atoms with van der Waals surface area (Å²) in [7, 11) is 0. The number of carbonyl (C=O) groups excluding carboxylic acids is 1. The van der Waals surface area contributed by atoms with Gasteiger partial charge in [0.2, 0.25) is 0 Å². The van der Waals surface area contributed by atoms with Gasteiger partial charge >= 0.3 is 6.03 Å². The normalized spacial score (nSPS) is 33.4. The van der Waals surface area contributed by atoms with Crippen LogP contribution < -0.4 is 5.32 Å². The van der Waals surface area contributed by atoms with Gasteiger partial charge in [0.1, 0.15) is 0 Å². The molecule has 0 radical (unpaired) electrons. The quantitative estimate of drug-likeness (QED) is 0.932. The molecule has 1 aromatic rings. The lowest BCUT2D eigenvalue weighted by Gasteiger charge is -2.22. The minimum Gasteiger partial charge on any atom is -0.381 e. The molecule has 2 heterocycles. The molecule has 3 aliphatic rings. The second kappa shape index (κ2) is 5.58. The zero-order valence-electron chi connectivity index (χ0n) is 13.0. The predicted molar refractivity (Wildman–Crippen MR) is 84.7 cm³/mol. The molecule has 0 unspecified atom stereocenters. The van der Waals surface area contributed by atoms with Gasteiger partial charge in [0, 0.05) is 31.7 Å². The number of likely N-dealkylation sites (tertiary alicyclic amines) is 1. The van der Waals surface area contributed by atoms with Crippen molar-refractivity contribution in [1.82, 2.24) is 10.2 Å². The van der Waals surface area contributed by atoms with Gasteiger partial charge in [0.15, 0.2) is 0 Å². The summed E-state index contributed by atoms with van der Waals surface area (Å²) in [6.45, 7) is 4.23. The Morgan fingerprint density at radius 1 is 1.32 bits per heavy atom. The highest BCUT2D eigenvalue weighted by Crippen LogP contribution is 2.46. The summed E-state index contributed by atoms with van der Waals surface area (Å²) in [6.07, 6.45) is 3.40. The first-order chi connectivity index (χ1) is 10.8. The van der Waals surface area contributed by atoms with E-state index in [2.05, 4.69) is 35.6 Å². The van der Waals surface area contributed by atoms with Crippen LogP contribution in [0.25, 0.3) is 0 Å². The molecule has 4 rings (SSSR count). The van der Waals surface area contributed by atoms with Crippen LogP contribution in [0.4, 0.5) is 4.79 Å². The fraction of sp³-hybridized carbons (Fsp3) is 0.611. The lowest BCUT2D eigenvalue weighted by atomic mass is 9.87. The van der Waals surface area contributed by atoms with E-state index in [1.807, 2.05) is 4.90 Å². The molecule has 22 heavy (non-hydrogen) atoms. The standard InChI is InChI=1S/C18H24N2O2/c21-17(20-8-6-18(12-20)7-9-22-13-18)19-11-15-10-16(15)14-4-2-1-3-5-14/h1-5,15-16H,6-13H2,(H,19,21)/t15-,16+,18-/m0/s1. The van der Waals surface area contributed by atoms with Gasteiger partial charge in [-0.25, -0.2) is 4.79 Å². The smallest absolute Gasteiger partial charge is 0.317 e. The Morgan fingerprint density at radius 2 is 2.18 bits per heavy atom. The molecule has 0 bridgehead atoms. The summed E-state index contributed by atoms with van der Waals surface area (Å²) in [4.78, 5) is 14.3. The molecule has 2 aliphatic heterocycles. The van der Waals surface area contributed by atoms with Crippen molar-refractivity contribution in [2.75, 3.05) is 32.8 Å². The highest BCUT2D eigenvalue weighted by atomic mass is 16.5. The summed E-state index contributed by atoms with van der Waals surface area (Å²) in [5.41, 5.74) is 1.66. The number of nitrogens with zero attached hydrogens (tertiary/aromatic N) is 1. The van der Waals surface area contributed by atoms with Crippen LogP contribution in [-0.2, 0) is 4.74 Å². The minimum absolute atomic E-state index is 0.113. The van der Waals surface area contributed by atoms with Crippen molar-refractivity contribution in [2.24, 2.45) is 11.3 Å². The van der Waals surface area contributed by atoms with Crippen molar-refractivity contribution in [3.63, 3.8) is 0 Å². The number of amides is 2. The molecule has 1 N–H and O–H groups in total. The molecule has 3 atom stereocenters. The molecular weight excluding hydrogens is 276 g/mol. The molecule has 1 aromatic carbocycles. The Morgan fingerprint density at radius 3 is 2.95 bits per heavy atom. The fourth-order valence-electron chi connectivity index (χ4n) is 3.99. The summed E-state index contributed by atoms with van der Waals surface area (Å²) >= 11 is 0. The number of nitrogens with one attached hydrogen (secondary N) is 1. The van der Waals surface area contributed by atoms with Crippen LogP contribution in [-0.4, -0.2) is 43.8 Å². The Bertz CT molecular complexity index is 539. The van der Waals surface area contributed by atoms with Gasteiger partial charge in [-0.15, -0.1) is 0 Å². The second-order valence-corrected chi connectivity index (χ2v) is 7.17. The van der Waals surface area contributed by atoms with Gasteiger partial charge in [-0.3, -0.25) is 0 Å². The third-order valence-corrected chi connectivity index (χ3v) is 5.58. The second-order valence-electron chi connectivity index (χ2n) is 7.17. The van der Waals surface area contributed by atoms with Crippen molar-refractivity contribution in [3.8, 4) is 0 Å². The topological polar surface area (TPSA) is 41.6 Å². The monoisotopic (exact) mass is 300 g/mol. The summed E-state index contributed by atoms with van der Waals surface area (Å²) < 4.78 is 5.52. The molecule has 0 aromatic heterocycles. The molecule has 2 amide bonds. The number of urea groups is 1. The highest BCUT2D eigenvalue weighted by Gasteiger charge is 2.43. The molecule has 4 heteroatoms. The van der Waals surface area contributed by atoms with Crippen LogP contribution in [0.1, 0.15) is 30.7 Å². The molecule has 1 saturated carbocycles. The highest BCUT2D eigenvalue weighted by molar-refractivity contribution is 5.74. The first-order valence-electron chi connectivity index (χ1n) is 8.41. The molecule has 2 saturated heterocycles. The summed E-state index contributed by atoms with van der Waals surface area (Å²) in [5.74, 6) is 1.24. The number of hydrogen-bond donors (Lipinski definition) is 1. The first kappa shape index (κ1) is 14.1. The zero-order chi connectivity index (χ0) is 15.0. The molecule has 1 aliphatic carbocycles. The number of hydrogen-bond acceptors (Lipinski definition) is 2. The maximum Gasteiger partial charge on any atom is 0.317 e. The van der Waals surface area contributed by atoms with E-state index in [0.717, 1.165) is 45.7 Å². The maximum atomic E-state index is 12.3. The van der Waals surface area contributed by atoms with Gasteiger partial charge < -0.3 is 15.0 Å². The van der Waals surface area contributed by atoms with Gasteiger partial charge in [0.05, 0.1) is 6.61 Å². The van der Waals surface area contributed by atoms with Crippen molar-refractivity contribution >= 4 is 6.03 Å². The van der Waals surface area contributed by atoms with Crippen LogP contribution in [0, 0.1) is 11.3 Å². The Hall–Kier alpha value is -1.55. The first-order valence-corrected chi connectivity index (χ1v) is 8.41. The number of benzene rings is 1. The summed E-state index contributed by atoms with van der Waals surface area (Å²) in [5, 5.41) is 3.14. The molecule has 1 spiro atoms. The van der Waals surface area contributed by atoms with Crippen LogP contribution >= 0.6 is 0 Å². The van der Waals surface area contributed by atoms with Gasteiger partial charge in [0.25, 0.3) is 0 Å². The maximum absolute atomic E-state index is 12.3. The lowest BCUT2D eigenvalue weighted by Crippen LogP contribution is -2.40. The summed E-state index contributed by atoms with van der Waals surface area (Å²) in [6, 6.07) is 10.7.